The first-order valence-electron chi connectivity index (χ1n) is 8.86. The second-order valence-corrected chi connectivity index (χ2v) is 6.99. The number of carbonyl (C=O) groups is 2. The molecule has 2 aromatic rings. The van der Waals surface area contributed by atoms with E-state index in [2.05, 4.69) is 5.32 Å². The predicted molar refractivity (Wildman–Crippen MR) is 110 cm³/mol. The molecular weight excluding hydrogens is 437 g/mol. The van der Waals surface area contributed by atoms with Crippen LogP contribution in [0.25, 0.3) is 0 Å². The minimum absolute atomic E-state index is 0.0816. The number of nitrogens with one attached hydrogen (secondary N) is 1. The lowest BCUT2D eigenvalue weighted by Gasteiger charge is -2.20. The largest absolute Gasteiger partial charge is 0.495 e. The summed E-state index contributed by atoms with van der Waals surface area (Å²) in [5.74, 6) is 0.473. The predicted octanol–water partition coefficient (Wildman–Crippen LogP) is 3.51. The topological polar surface area (TPSA) is 92.3 Å². The van der Waals surface area contributed by atoms with Gasteiger partial charge in [0.05, 0.1) is 36.4 Å². The molecule has 0 saturated heterocycles. The van der Waals surface area contributed by atoms with Crippen molar-refractivity contribution in [3.05, 3.63) is 39.9 Å². The summed E-state index contributed by atoms with van der Waals surface area (Å²) in [7, 11) is 2.89. The zero-order valence-electron chi connectivity index (χ0n) is 16.3. The Balaban J connectivity index is 1.58. The van der Waals surface area contributed by atoms with Gasteiger partial charge < -0.3 is 29.0 Å². The highest BCUT2D eigenvalue weighted by Crippen LogP contribution is 2.38. The van der Waals surface area contributed by atoms with E-state index in [1.54, 1.807) is 12.1 Å². The van der Waals surface area contributed by atoms with E-state index in [1.165, 1.54) is 26.4 Å². The van der Waals surface area contributed by atoms with E-state index in [9.17, 15) is 9.59 Å². The number of carbonyl (C=O) groups excluding carboxylic acids is 2. The van der Waals surface area contributed by atoms with Crippen LogP contribution in [0.1, 0.15) is 5.56 Å². The quantitative estimate of drug-likeness (QED) is 0.638. The van der Waals surface area contributed by atoms with E-state index >= 15 is 0 Å². The molecule has 0 bridgehead atoms. The molecule has 160 valence electrons. The Kier molecular flexibility index (Phi) is 7.12. The molecule has 1 aliphatic rings. The molecule has 0 fully saturated rings. The Morgan fingerprint density at radius 1 is 1.00 bits per heavy atom. The van der Waals surface area contributed by atoms with Crippen molar-refractivity contribution >= 4 is 40.8 Å². The molecule has 3 rings (SSSR count). The standard InChI is InChI=1S/C20H19Cl2NO7/c1-26-15-9-14(16(27-2)8-12(15)21)23-18(24)10-30-19(25)7-11-5-13(22)20-17(6-11)28-3-4-29-20/h5-6,8-9H,3-4,7,10H2,1-2H3,(H,23,24). The first-order valence-corrected chi connectivity index (χ1v) is 9.62. The Morgan fingerprint density at radius 3 is 2.47 bits per heavy atom. The molecule has 1 N–H and O–H groups in total. The fourth-order valence-corrected chi connectivity index (χ4v) is 3.29. The van der Waals surface area contributed by atoms with Gasteiger partial charge in [0.25, 0.3) is 5.91 Å². The summed E-state index contributed by atoms with van der Waals surface area (Å²) in [4.78, 5) is 24.3. The highest BCUT2D eigenvalue weighted by atomic mass is 35.5. The highest BCUT2D eigenvalue weighted by molar-refractivity contribution is 6.32. The summed E-state index contributed by atoms with van der Waals surface area (Å²) in [5.41, 5.74) is 0.914. The van der Waals surface area contributed by atoms with Gasteiger partial charge >= 0.3 is 5.97 Å². The van der Waals surface area contributed by atoms with Crippen molar-refractivity contribution in [2.24, 2.45) is 0 Å². The van der Waals surface area contributed by atoms with Crippen LogP contribution in [0.3, 0.4) is 0 Å². The van der Waals surface area contributed by atoms with Crippen molar-refractivity contribution in [2.45, 2.75) is 6.42 Å². The Hall–Kier alpha value is -2.84. The van der Waals surface area contributed by atoms with Crippen LogP contribution in [0.15, 0.2) is 24.3 Å². The molecule has 0 saturated carbocycles. The maximum Gasteiger partial charge on any atom is 0.310 e. The molecule has 0 spiro atoms. The van der Waals surface area contributed by atoms with Gasteiger partial charge in [0.15, 0.2) is 18.1 Å². The minimum Gasteiger partial charge on any atom is -0.495 e. The van der Waals surface area contributed by atoms with Crippen molar-refractivity contribution in [1.29, 1.82) is 0 Å². The number of esters is 1. The Bertz CT molecular complexity index is 965. The van der Waals surface area contributed by atoms with Crippen LogP contribution in [-0.4, -0.2) is 45.9 Å². The fourth-order valence-electron chi connectivity index (χ4n) is 2.77. The lowest BCUT2D eigenvalue weighted by molar-refractivity contribution is -0.146. The first-order chi connectivity index (χ1) is 14.4. The summed E-state index contributed by atoms with van der Waals surface area (Å²) in [6.07, 6.45) is -0.0816. The van der Waals surface area contributed by atoms with E-state index in [4.69, 9.17) is 46.9 Å². The molecule has 0 atom stereocenters. The van der Waals surface area contributed by atoms with E-state index in [1.807, 2.05) is 0 Å². The summed E-state index contributed by atoms with van der Waals surface area (Å²) < 4.78 is 26.3. The summed E-state index contributed by atoms with van der Waals surface area (Å²) in [6, 6.07) is 6.28. The Morgan fingerprint density at radius 2 is 1.73 bits per heavy atom. The second kappa shape index (κ2) is 9.77. The SMILES string of the molecule is COc1cc(NC(=O)COC(=O)Cc2cc(Cl)c3c(c2)OCCO3)c(OC)cc1Cl. The van der Waals surface area contributed by atoms with Crippen LogP contribution >= 0.6 is 23.2 Å². The second-order valence-electron chi connectivity index (χ2n) is 6.17. The van der Waals surface area contributed by atoms with Gasteiger partial charge in [-0.05, 0) is 17.7 Å². The number of methoxy groups -OCH3 is 2. The molecular formula is C20H19Cl2NO7. The molecule has 0 unspecified atom stereocenters. The molecule has 0 aromatic heterocycles. The van der Waals surface area contributed by atoms with Crippen LogP contribution in [0, 0.1) is 0 Å². The van der Waals surface area contributed by atoms with Crippen molar-refractivity contribution < 1.29 is 33.3 Å². The monoisotopic (exact) mass is 455 g/mol. The van der Waals surface area contributed by atoms with E-state index in [0.717, 1.165) is 0 Å². The number of fused-ring (bicyclic) bond motifs is 1. The molecule has 0 radical (unpaired) electrons. The van der Waals surface area contributed by atoms with Crippen molar-refractivity contribution in [3.8, 4) is 23.0 Å². The molecule has 1 heterocycles. The van der Waals surface area contributed by atoms with Crippen LogP contribution in [0.4, 0.5) is 5.69 Å². The maximum atomic E-state index is 12.2. The molecule has 10 heteroatoms. The summed E-state index contributed by atoms with van der Waals surface area (Å²) in [5, 5.41) is 3.27. The Labute approximate surface area is 182 Å². The zero-order valence-corrected chi connectivity index (χ0v) is 17.8. The number of amides is 1. The zero-order chi connectivity index (χ0) is 21.7. The normalized spacial score (nSPS) is 12.1. The number of hydrogen-bond donors (Lipinski definition) is 1. The van der Waals surface area contributed by atoms with Gasteiger partial charge in [-0.3, -0.25) is 9.59 Å². The van der Waals surface area contributed by atoms with E-state index in [-0.39, 0.29) is 6.42 Å². The van der Waals surface area contributed by atoms with E-state index in [0.29, 0.717) is 57.5 Å². The van der Waals surface area contributed by atoms with Gasteiger partial charge in [-0.25, -0.2) is 0 Å². The van der Waals surface area contributed by atoms with Gasteiger partial charge in [-0.1, -0.05) is 23.2 Å². The lowest BCUT2D eigenvalue weighted by Crippen LogP contribution is -2.22. The number of benzene rings is 2. The number of rotatable bonds is 7. The van der Waals surface area contributed by atoms with Crippen LogP contribution in [0.2, 0.25) is 10.0 Å². The third kappa shape index (κ3) is 5.20. The van der Waals surface area contributed by atoms with E-state index < -0.39 is 18.5 Å². The van der Waals surface area contributed by atoms with Gasteiger partial charge in [0.2, 0.25) is 0 Å². The summed E-state index contributed by atoms with van der Waals surface area (Å²) >= 11 is 12.2. The minimum atomic E-state index is -0.599. The molecule has 1 aliphatic heterocycles. The van der Waals surface area contributed by atoms with Gasteiger partial charge in [-0.15, -0.1) is 0 Å². The number of hydrogen-bond acceptors (Lipinski definition) is 7. The third-order valence-corrected chi connectivity index (χ3v) is 4.69. The van der Waals surface area contributed by atoms with Gasteiger partial charge in [0.1, 0.15) is 24.7 Å². The van der Waals surface area contributed by atoms with Gasteiger partial charge in [-0.2, -0.15) is 0 Å². The average Bonchev–Trinajstić information content (AvgIpc) is 2.73. The van der Waals surface area contributed by atoms with Crippen molar-refractivity contribution in [2.75, 3.05) is 39.4 Å². The first kappa shape index (κ1) is 21.9. The number of anilines is 1. The molecule has 30 heavy (non-hydrogen) atoms. The number of ether oxygens (including phenoxy) is 5. The fraction of sp³-hybridized carbons (Fsp3) is 0.300. The molecule has 8 nitrogen and oxygen atoms in total. The molecule has 0 aliphatic carbocycles. The van der Waals surface area contributed by atoms with Crippen LogP contribution in [-0.2, 0) is 20.7 Å². The highest BCUT2D eigenvalue weighted by Gasteiger charge is 2.19. The number of halogens is 2. The molecule has 2 aromatic carbocycles. The molecule has 1 amide bonds. The van der Waals surface area contributed by atoms with Crippen molar-refractivity contribution in [1.82, 2.24) is 0 Å². The van der Waals surface area contributed by atoms with Crippen molar-refractivity contribution in [3.63, 3.8) is 0 Å². The third-order valence-electron chi connectivity index (χ3n) is 4.12. The van der Waals surface area contributed by atoms with Gasteiger partial charge in [0, 0.05) is 12.1 Å². The smallest absolute Gasteiger partial charge is 0.310 e. The summed E-state index contributed by atoms with van der Waals surface area (Å²) in [6.45, 7) is 0.328. The lowest BCUT2D eigenvalue weighted by atomic mass is 10.1. The average molecular weight is 456 g/mol. The maximum absolute atomic E-state index is 12.2. The van der Waals surface area contributed by atoms with Crippen LogP contribution in [0.5, 0.6) is 23.0 Å². The van der Waals surface area contributed by atoms with Crippen LogP contribution < -0.4 is 24.3 Å².